The van der Waals surface area contributed by atoms with Crippen molar-refractivity contribution in [2.45, 2.75) is 20.3 Å². The predicted octanol–water partition coefficient (Wildman–Crippen LogP) is 2.03. The lowest BCUT2D eigenvalue weighted by atomic mass is 10.2. The first-order valence-electron chi connectivity index (χ1n) is 9.67. The van der Waals surface area contributed by atoms with Crippen LogP contribution in [0.15, 0.2) is 28.0 Å². The number of fused-ring (bicyclic) bond motifs is 1. The van der Waals surface area contributed by atoms with Crippen LogP contribution in [0.3, 0.4) is 0 Å². The van der Waals surface area contributed by atoms with E-state index in [0.717, 1.165) is 5.56 Å². The van der Waals surface area contributed by atoms with Crippen molar-refractivity contribution in [2.75, 3.05) is 38.2 Å². The summed E-state index contributed by atoms with van der Waals surface area (Å²) in [5, 5.41) is 12.1. The highest BCUT2D eigenvalue weighted by Gasteiger charge is 2.32. The molecule has 1 aliphatic heterocycles. The largest absolute Gasteiger partial charge is 0.395 e. The number of carbonyl (C=O) groups is 1. The number of aromatic nitrogens is 2. The molecular weight excluding hydrogens is 424 g/mol. The molecule has 160 valence electrons. The number of hydrogen-bond acceptors (Lipinski definition) is 8. The number of amides is 1. The summed E-state index contributed by atoms with van der Waals surface area (Å²) in [6.45, 7) is 5.56. The van der Waals surface area contributed by atoms with Gasteiger partial charge in [-0.05, 0) is 38.0 Å². The van der Waals surface area contributed by atoms with E-state index in [1.165, 1.54) is 27.1 Å². The van der Waals surface area contributed by atoms with Gasteiger partial charge in [-0.25, -0.2) is 4.98 Å². The first-order chi connectivity index (χ1) is 14.5. The van der Waals surface area contributed by atoms with Crippen LogP contribution in [-0.2, 0) is 9.53 Å². The number of aliphatic hydroxyl groups excluding tert-OH is 1. The molecule has 0 radical (unpaired) electrons. The highest BCUT2D eigenvalue weighted by molar-refractivity contribution is 8.26. The number of nitrogens with zero attached hydrogens (tertiary/aromatic N) is 3. The second-order valence-electron chi connectivity index (χ2n) is 6.65. The van der Waals surface area contributed by atoms with Crippen molar-refractivity contribution >= 4 is 51.7 Å². The summed E-state index contributed by atoms with van der Waals surface area (Å²) in [6.07, 6.45) is 3.92. The maximum Gasteiger partial charge on any atom is 0.267 e. The Bertz CT molecular complexity index is 1050. The van der Waals surface area contributed by atoms with Gasteiger partial charge in [-0.3, -0.25) is 18.9 Å². The smallest absolute Gasteiger partial charge is 0.267 e. The zero-order valence-electron chi connectivity index (χ0n) is 16.9. The van der Waals surface area contributed by atoms with Gasteiger partial charge in [0, 0.05) is 32.5 Å². The fourth-order valence-corrected chi connectivity index (χ4v) is 4.28. The Kier molecular flexibility index (Phi) is 7.59. The van der Waals surface area contributed by atoms with Gasteiger partial charge < -0.3 is 15.2 Å². The third kappa shape index (κ3) is 4.89. The van der Waals surface area contributed by atoms with Crippen LogP contribution in [0.5, 0.6) is 0 Å². The lowest BCUT2D eigenvalue weighted by molar-refractivity contribution is -0.122. The number of thiocarbonyl (C=S) groups is 1. The zero-order chi connectivity index (χ0) is 21.7. The van der Waals surface area contributed by atoms with Crippen LogP contribution >= 0.6 is 24.0 Å². The fraction of sp³-hybridized carbons (Fsp3) is 0.400. The molecule has 1 amide bonds. The average molecular weight is 449 g/mol. The summed E-state index contributed by atoms with van der Waals surface area (Å²) in [7, 11) is 0. The van der Waals surface area contributed by atoms with Crippen LogP contribution in [0.2, 0.25) is 0 Å². The van der Waals surface area contributed by atoms with E-state index in [0.29, 0.717) is 46.9 Å². The van der Waals surface area contributed by atoms with Crippen LogP contribution < -0.4 is 10.9 Å². The molecule has 10 heteroatoms. The van der Waals surface area contributed by atoms with E-state index in [-0.39, 0.29) is 30.2 Å². The Balaban J connectivity index is 1.97. The van der Waals surface area contributed by atoms with Crippen molar-refractivity contribution in [3.05, 3.63) is 44.7 Å². The number of nitrogens with one attached hydrogen (secondary N) is 1. The third-order valence-corrected chi connectivity index (χ3v) is 5.81. The molecule has 0 saturated carbocycles. The van der Waals surface area contributed by atoms with Crippen molar-refractivity contribution in [2.24, 2.45) is 0 Å². The number of hydrogen-bond donors (Lipinski definition) is 2. The summed E-state index contributed by atoms with van der Waals surface area (Å²) in [5.74, 6) is 0.0860. The Hall–Kier alpha value is -2.27. The molecule has 3 rings (SSSR count). The maximum atomic E-state index is 13.2. The van der Waals surface area contributed by atoms with E-state index >= 15 is 0 Å². The molecule has 0 spiro atoms. The Morgan fingerprint density at radius 1 is 1.37 bits per heavy atom. The van der Waals surface area contributed by atoms with Gasteiger partial charge in [-0.2, -0.15) is 0 Å². The molecule has 3 heterocycles. The molecule has 2 aromatic rings. The monoisotopic (exact) mass is 448 g/mol. The number of carbonyl (C=O) groups excluding carboxylic acids is 1. The standard InChI is InChI=1S/C20H24N4O4S2/c1-3-28-10-4-8-23-19(27)15(30-20(23)29)11-14-17(21-7-9-25)22-16-6-5-13(2)12-24(16)18(14)26/h5-6,11-12,21,25H,3-4,7-10H2,1-2H3/b15-11-. The van der Waals surface area contributed by atoms with Gasteiger partial charge in [-0.15, -0.1) is 0 Å². The number of aryl methyl sites for hydroxylation is 1. The predicted molar refractivity (Wildman–Crippen MR) is 123 cm³/mol. The van der Waals surface area contributed by atoms with Gasteiger partial charge in [0.1, 0.15) is 15.8 Å². The van der Waals surface area contributed by atoms with Crippen LogP contribution in [0, 0.1) is 6.92 Å². The van der Waals surface area contributed by atoms with Gasteiger partial charge in [-0.1, -0.05) is 30.0 Å². The van der Waals surface area contributed by atoms with Crippen molar-refractivity contribution in [1.82, 2.24) is 14.3 Å². The molecule has 1 aliphatic rings. The normalized spacial score (nSPS) is 15.6. The highest BCUT2D eigenvalue weighted by atomic mass is 32.2. The number of aliphatic hydroxyl groups is 1. The zero-order valence-corrected chi connectivity index (χ0v) is 18.5. The minimum Gasteiger partial charge on any atom is -0.395 e. The summed E-state index contributed by atoms with van der Waals surface area (Å²) in [4.78, 5) is 32.4. The Morgan fingerprint density at radius 3 is 2.90 bits per heavy atom. The van der Waals surface area contributed by atoms with E-state index < -0.39 is 0 Å². The fourth-order valence-electron chi connectivity index (χ4n) is 2.99. The van der Waals surface area contributed by atoms with Gasteiger partial charge in [0.25, 0.3) is 11.5 Å². The van der Waals surface area contributed by atoms with E-state index in [4.69, 9.17) is 17.0 Å². The highest BCUT2D eigenvalue weighted by Crippen LogP contribution is 2.33. The maximum absolute atomic E-state index is 13.2. The third-order valence-electron chi connectivity index (χ3n) is 4.43. The summed E-state index contributed by atoms with van der Waals surface area (Å²) in [6, 6.07) is 3.62. The van der Waals surface area contributed by atoms with E-state index in [9.17, 15) is 14.7 Å². The molecule has 2 aromatic heterocycles. The van der Waals surface area contributed by atoms with Crippen LogP contribution in [0.25, 0.3) is 11.7 Å². The second kappa shape index (κ2) is 10.2. The molecular formula is C20H24N4O4S2. The van der Waals surface area contributed by atoms with E-state index in [1.807, 2.05) is 19.9 Å². The van der Waals surface area contributed by atoms with Gasteiger partial charge in [0.15, 0.2) is 0 Å². The number of thioether (sulfide) groups is 1. The van der Waals surface area contributed by atoms with Crippen molar-refractivity contribution in [3.8, 4) is 0 Å². The number of rotatable bonds is 9. The average Bonchev–Trinajstić information content (AvgIpc) is 2.99. The summed E-state index contributed by atoms with van der Waals surface area (Å²) < 4.78 is 7.23. The minimum atomic E-state index is -0.300. The Morgan fingerprint density at radius 2 is 2.17 bits per heavy atom. The summed E-state index contributed by atoms with van der Waals surface area (Å²) >= 11 is 6.52. The van der Waals surface area contributed by atoms with Gasteiger partial charge in [0.2, 0.25) is 0 Å². The first kappa shape index (κ1) is 22.4. The molecule has 8 nitrogen and oxygen atoms in total. The minimum absolute atomic E-state index is 0.115. The van der Waals surface area contributed by atoms with E-state index in [1.54, 1.807) is 12.3 Å². The number of anilines is 1. The topological polar surface area (TPSA) is 96.2 Å². The molecule has 0 atom stereocenters. The molecule has 0 bridgehead atoms. The van der Waals surface area contributed by atoms with Crippen molar-refractivity contribution < 1.29 is 14.6 Å². The second-order valence-corrected chi connectivity index (χ2v) is 8.32. The molecule has 0 unspecified atom stereocenters. The molecule has 1 saturated heterocycles. The first-order valence-corrected chi connectivity index (χ1v) is 10.9. The quantitative estimate of drug-likeness (QED) is 0.342. The molecule has 1 fully saturated rings. The van der Waals surface area contributed by atoms with E-state index in [2.05, 4.69) is 10.3 Å². The molecule has 0 aliphatic carbocycles. The van der Waals surface area contributed by atoms with Crippen LogP contribution in [0.1, 0.15) is 24.5 Å². The Labute approximate surface area is 183 Å². The summed E-state index contributed by atoms with van der Waals surface area (Å²) in [5.41, 5.74) is 1.34. The SMILES string of the molecule is CCOCCCN1C(=O)/C(=C/c2c(NCCO)nc3ccc(C)cn3c2=O)SC1=S. The van der Waals surface area contributed by atoms with Crippen molar-refractivity contribution in [3.63, 3.8) is 0 Å². The van der Waals surface area contributed by atoms with Crippen LogP contribution in [0.4, 0.5) is 5.82 Å². The van der Waals surface area contributed by atoms with Crippen LogP contribution in [-0.4, -0.2) is 62.5 Å². The number of pyridine rings is 1. The molecule has 30 heavy (non-hydrogen) atoms. The number of ether oxygens (including phenoxy) is 1. The lowest BCUT2D eigenvalue weighted by Crippen LogP contribution is -2.29. The van der Waals surface area contributed by atoms with Gasteiger partial charge >= 0.3 is 0 Å². The lowest BCUT2D eigenvalue weighted by Gasteiger charge is -2.14. The van der Waals surface area contributed by atoms with Gasteiger partial charge in [0.05, 0.1) is 17.1 Å². The van der Waals surface area contributed by atoms with Crippen molar-refractivity contribution in [1.29, 1.82) is 0 Å². The molecule has 0 aromatic carbocycles. The molecule has 2 N–H and O–H groups in total.